The summed E-state index contributed by atoms with van der Waals surface area (Å²) in [7, 11) is 0. The van der Waals surface area contributed by atoms with Crippen molar-refractivity contribution in [1.29, 1.82) is 0 Å². The highest BCUT2D eigenvalue weighted by atomic mass is 32.2. The molecule has 3 rings (SSSR count). The van der Waals surface area contributed by atoms with Gasteiger partial charge in [0.2, 0.25) is 0 Å². The van der Waals surface area contributed by atoms with E-state index in [2.05, 4.69) is 15.3 Å². The number of fused-ring (bicyclic) bond motifs is 1. The number of carbonyl (C=O) groups excluding carboxylic acids is 1. The summed E-state index contributed by atoms with van der Waals surface area (Å²) in [4.78, 5) is 20.1. The fourth-order valence-corrected chi connectivity index (χ4v) is 3.24. The molecule has 3 aromatic rings. The third-order valence-corrected chi connectivity index (χ3v) is 4.34. The molecule has 0 spiro atoms. The van der Waals surface area contributed by atoms with E-state index in [-0.39, 0.29) is 11.9 Å². The maximum absolute atomic E-state index is 12.3. The number of amides is 1. The number of H-pyrrole nitrogens is 1. The Morgan fingerprint density at radius 1 is 1.17 bits per heavy atom. The topological polar surface area (TPSA) is 57.8 Å². The second kappa shape index (κ2) is 6.87. The number of nitrogens with one attached hydrogen (secondary N) is 2. The van der Waals surface area contributed by atoms with E-state index in [9.17, 15) is 4.79 Å². The van der Waals surface area contributed by atoms with Crippen LogP contribution in [0.5, 0.6) is 0 Å². The first-order chi connectivity index (χ1) is 11.1. The van der Waals surface area contributed by atoms with Crippen molar-refractivity contribution in [2.75, 3.05) is 0 Å². The molecule has 0 aliphatic heterocycles. The lowest BCUT2D eigenvalue weighted by Crippen LogP contribution is -2.30. The Bertz CT molecular complexity index is 793. The minimum Gasteiger partial charge on any atom is -0.350 e. The molecule has 0 fully saturated rings. The number of benzene rings is 2. The summed E-state index contributed by atoms with van der Waals surface area (Å²) in [5.74, 6) is 0.669. The highest BCUT2D eigenvalue weighted by Gasteiger charge is 2.12. The van der Waals surface area contributed by atoms with Gasteiger partial charge in [0.15, 0.2) is 5.16 Å². The zero-order chi connectivity index (χ0) is 16.2. The molecule has 0 saturated carbocycles. The first-order valence-corrected chi connectivity index (χ1v) is 8.58. The second-order valence-corrected chi connectivity index (χ2v) is 6.60. The van der Waals surface area contributed by atoms with E-state index < -0.39 is 0 Å². The molecule has 4 nitrogen and oxygen atoms in total. The van der Waals surface area contributed by atoms with Gasteiger partial charge in [0.05, 0.1) is 11.0 Å². The zero-order valence-corrected chi connectivity index (χ0v) is 14.0. The minimum absolute atomic E-state index is 0.0270. The predicted molar refractivity (Wildman–Crippen MR) is 94.7 cm³/mol. The Hall–Kier alpha value is -2.27. The van der Waals surface area contributed by atoms with E-state index >= 15 is 0 Å². The zero-order valence-electron chi connectivity index (χ0n) is 13.2. The van der Waals surface area contributed by atoms with Crippen LogP contribution in [0.15, 0.2) is 53.7 Å². The molecule has 5 heteroatoms. The first kappa shape index (κ1) is 15.6. The normalized spacial score (nSPS) is 11.1. The summed E-state index contributed by atoms with van der Waals surface area (Å²) >= 11 is 1.60. The van der Waals surface area contributed by atoms with Gasteiger partial charge in [0.1, 0.15) is 0 Å². The Labute approximate surface area is 139 Å². The van der Waals surface area contributed by atoms with Crippen LogP contribution in [0.25, 0.3) is 11.0 Å². The van der Waals surface area contributed by atoms with Gasteiger partial charge in [-0.15, -0.1) is 0 Å². The Morgan fingerprint density at radius 2 is 1.91 bits per heavy atom. The van der Waals surface area contributed by atoms with E-state index in [0.717, 1.165) is 27.3 Å². The first-order valence-electron chi connectivity index (χ1n) is 7.60. The Morgan fingerprint density at radius 3 is 2.70 bits per heavy atom. The maximum atomic E-state index is 12.3. The van der Waals surface area contributed by atoms with Crippen LogP contribution in [0.4, 0.5) is 0 Å². The van der Waals surface area contributed by atoms with Crippen molar-refractivity contribution in [2.45, 2.75) is 30.8 Å². The van der Waals surface area contributed by atoms with Crippen molar-refractivity contribution in [2.24, 2.45) is 0 Å². The van der Waals surface area contributed by atoms with Gasteiger partial charge in [-0.05, 0) is 37.6 Å². The smallest absolute Gasteiger partial charge is 0.251 e. The molecule has 0 radical (unpaired) electrons. The van der Waals surface area contributed by atoms with Crippen molar-refractivity contribution in [3.05, 3.63) is 59.7 Å². The second-order valence-electron chi connectivity index (χ2n) is 5.63. The summed E-state index contributed by atoms with van der Waals surface area (Å²) in [5.41, 5.74) is 3.72. The molecular weight excluding hydrogens is 306 g/mol. The Kier molecular flexibility index (Phi) is 4.67. The summed E-state index contributed by atoms with van der Waals surface area (Å²) in [6.45, 7) is 3.92. The number of thioether (sulfide) groups is 1. The highest BCUT2D eigenvalue weighted by Crippen LogP contribution is 2.24. The number of para-hydroxylation sites is 2. The van der Waals surface area contributed by atoms with Crippen LogP contribution in [0.1, 0.15) is 29.8 Å². The molecule has 2 aromatic carbocycles. The van der Waals surface area contributed by atoms with Gasteiger partial charge >= 0.3 is 0 Å². The molecule has 0 unspecified atom stereocenters. The molecule has 1 aromatic heterocycles. The maximum Gasteiger partial charge on any atom is 0.251 e. The molecule has 0 atom stereocenters. The molecule has 1 amide bonds. The molecule has 0 bridgehead atoms. The lowest BCUT2D eigenvalue weighted by Gasteiger charge is -2.11. The monoisotopic (exact) mass is 325 g/mol. The fraction of sp³-hybridized carbons (Fsp3) is 0.222. The van der Waals surface area contributed by atoms with Crippen LogP contribution in [0.3, 0.4) is 0 Å². The van der Waals surface area contributed by atoms with Crippen LogP contribution in [0, 0.1) is 0 Å². The summed E-state index contributed by atoms with van der Waals surface area (Å²) < 4.78 is 0. The van der Waals surface area contributed by atoms with Crippen LogP contribution >= 0.6 is 11.8 Å². The molecule has 0 aliphatic carbocycles. The van der Waals surface area contributed by atoms with E-state index in [0.29, 0.717) is 5.75 Å². The van der Waals surface area contributed by atoms with Gasteiger partial charge in [-0.2, -0.15) is 0 Å². The van der Waals surface area contributed by atoms with Crippen molar-refractivity contribution < 1.29 is 4.79 Å². The van der Waals surface area contributed by atoms with Gasteiger partial charge < -0.3 is 10.3 Å². The van der Waals surface area contributed by atoms with Crippen LogP contribution in [-0.2, 0) is 5.75 Å². The third kappa shape index (κ3) is 3.74. The standard InChI is InChI=1S/C18H19N3OS/c1-12(2)19-17(22)14-8-4-3-7-13(14)11-23-18-20-15-9-5-6-10-16(15)21-18/h3-10,12H,11H2,1-2H3,(H,19,22)(H,20,21). The van der Waals surface area contributed by atoms with E-state index in [1.807, 2.05) is 62.4 Å². The number of carbonyl (C=O) groups is 1. The molecule has 2 N–H and O–H groups in total. The van der Waals surface area contributed by atoms with Gasteiger partial charge in [-0.25, -0.2) is 4.98 Å². The lowest BCUT2D eigenvalue weighted by atomic mass is 10.1. The van der Waals surface area contributed by atoms with Gasteiger partial charge in [-0.1, -0.05) is 42.1 Å². The van der Waals surface area contributed by atoms with Crippen molar-refractivity contribution in [1.82, 2.24) is 15.3 Å². The SMILES string of the molecule is CC(C)NC(=O)c1ccccc1CSc1nc2ccccc2[nH]1. The molecular formula is C18H19N3OS. The number of hydrogen-bond acceptors (Lipinski definition) is 3. The quantitative estimate of drug-likeness (QED) is 0.697. The number of aromatic amines is 1. The summed E-state index contributed by atoms with van der Waals surface area (Å²) in [6, 6.07) is 15.8. The summed E-state index contributed by atoms with van der Waals surface area (Å²) in [6.07, 6.45) is 0. The average molecular weight is 325 g/mol. The molecule has 0 saturated heterocycles. The number of imidazole rings is 1. The van der Waals surface area contributed by atoms with E-state index in [1.165, 1.54) is 0 Å². The molecule has 23 heavy (non-hydrogen) atoms. The largest absolute Gasteiger partial charge is 0.350 e. The number of aromatic nitrogens is 2. The van der Waals surface area contributed by atoms with Crippen LogP contribution in [-0.4, -0.2) is 21.9 Å². The van der Waals surface area contributed by atoms with E-state index in [1.54, 1.807) is 11.8 Å². The van der Waals surface area contributed by atoms with Crippen LogP contribution < -0.4 is 5.32 Å². The lowest BCUT2D eigenvalue weighted by molar-refractivity contribution is 0.0942. The predicted octanol–water partition coefficient (Wildman–Crippen LogP) is 3.99. The molecule has 0 aliphatic rings. The van der Waals surface area contributed by atoms with Crippen molar-refractivity contribution in [3.8, 4) is 0 Å². The van der Waals surface area contributed by atoms with Crippen molar-refractivity contribution in [3.63, 3.8) is 0 Å². The van der Waals surface area contributed by atoms with Crippen LogP contribution in [0.2, 0.25) is 0 Å². The van der Waals surface area contributed by atoms with Gasteiger partial charge in [0, 0.05) is 17.4 Å². The molecule has 118 valence electrons. The number of hydrogen-bond donors (Lipinski definition) is 2. The van der Waals surface area contributed by atoms with Crippen molar-refractivity contribution >= 4 is 28.7 Å². The van der Waals surface area contributed by atoms with Gasteiger partial charge in [0.25, 0.3) is 5.91 Å². The third-order valence-electron chi connectivity index (χ3n) is 3.41. The Balaban J connectivity index is 1.76. The molecule has 1 heterocycles. The highest BCUT2D eigenvalue weighted by molar-refractivity contribution is 7.98. The number of nitrogens with zero attached hydrogens (tertiary/aromatic N) is 1. The minimum atomic E-state index is -0.0270. The average Bonchev–Trinajstić information content (AvgIpc) is 2.95. The van der Waals surface area contributed by atoms with Gasteiger partial charge in [-0.3, -0.25) is 4.79 Å². The van der Waals surface area contributed by atoms with E-state index in [4.69, 9.17) is 0 Å². The number of rotatable bonds is 5. The fourth-order valence-electron chi connectivity index (χ4n) is 2.35. The summed E-state index contributed by atoms with van der Waals surface area (Å²) in [5, 5.41) is 3.81.